The van der Waals surface area contributed by atoms with Crippen LogP contribution in [0, 0.1) is 6.92 Å². The smallest absolute Gasteiger partial charge is 0.252 e. The Morgan fingerprint density at radius 3 is 2.70 bits per heavy atom. The van der Waals surface area contributed by atoms with Gasteiger partial charge in [0.05, 0.1) is 24.9 Å². The number of rotatable bonds is 5. The first-order chi connectivity index (χ1) is 10.9. The molecule has 0 radical (unpaired) electrons. The van der Waals surface area contributed by atoms with Crippen molar-refractivity contribution >= 4 is 27.8 Å². The molecule has 2 aromatic rings. The number of methoxy groups -OCH3 is 1. The topological polar surface area (TPSA) is 67.3 Å². The van der Waals surface area contributed by atoms with Crippen molar-refractivity contribution in [2.45, 2.75) is 13.5 Å². The minimum Gasteiger partial charge on any atom is -0.497 e. The number of aryl methyl sites for hydroxylation is 1. The molecule has 1 aromatic carbocycles. The second-order valence-electron chi connectivity index (χ2n) is 5.22. The van der Waals surface area contributed by atoms with E-state index in [1.165, 1.54) is 0 Å². The molecule has 0 fully saturated rings. The highest BCUT2D eigenvalue weighted by Crippen LogP contribution is 2.22. The first kappa shape index (κ1) is 17.2. The number of ether oxygens (including phenoxy) is 1. The van der Waals surface area contributed by atoms with Gasteiger partial charge in [-0.3, -0.25) is 4.79 Å². The molecule has 0 saturated heterocycles. The molecule has 1 amide bonds. The molecule has 1 N–H and O–H groups in total. The van der Waals surface area contributed by atoms with Gasteiger partial charge in [0.25, 0.3) is 5.91 Å². The number of carbonyl (C=O) groups is 1. The minimum absolute atomic E-state index is 0.196. The van der Waals surface area contributed by atoms with E-state index in [0.29, 0.717) is 28.3 Å². The molecular weight excluding hydrogens is 360 g/mol. The van der Waals surface area contributed by atoms with Gasteiger partial charge in [-0.25, -0.2) is 9.97 Å². The van der Waals surface area contributed by atoms with Crippen LogP contribution in [0.4, 0.5) is 5.95 Å². The van der Waals surface area contributed by atoms with Crippen molar-refractivity contribution in [3.05, 3.63) is 45.7 Å². The van der Waals surface area contributed by atoms with E-state index in [9.17, 15) is 4.79 Å². The number of nitrogens with one attached hydrogen (secondary N) is 1. The number of nitrogens with zero attached hydrogens (tertiary/aromatic N) is 3. The summed E-state index contributed by atoms with van der Waals surface area (Å²) in [5, 5.41) is 2.87. The standard InChI is InChI=1S/C16H19BrN4O2/c1-10-7-11(20-16(19-10)21(2)3)9-18-15(22)13-8-12(23-4)5-6-14(13)17/h5-8H,9H2,1-4H3,(H,18,22). The normalized spacial score (nSPS) is 10.3. The number of amides is 1. The molecule has 0 unspecified atom stereocenters. The largest absolute Gasteiger partial charge is 0.497 e. The predicted molar refractivity (Wildman–Crippen MR) is 93.0 cm³/mol. The van der Waals surface area contributed by atoms with Crippen LogP contribution in [0.25, 0.3) is 0 Å². The predicted octanol–water partition coefficient (Wildman–Crippen LogP) is 2.55. The molecule has 0 aliphatic rings. The van der Waals surface area contributed by atoms with Crippen molar-refractivity contribution in [1.29, 1.82) is 0 Å². The quantitative estimate of drug-likeness (QED) is 0.865. The van der Waals surface area contributed by atoms with E-state index in [-0.39, 0.29) is 5.91 Å². The van der Waals surface area contributed by atoms with Gasteiger partial charge in [-0.1, -0.05) is 0 Å². The maximum atomic E-state index is 12.4. The van der Waals surface area contributed by atoms with Gasteiger partial charge < -0.3 is 15.0 Å². The SMILES string of the molecule is COc1ccc(Br)c(C(=O)NCc2cc(C)nc(N(C)C)n2)c1. The molecule has 1 heterocycles. The monoisotopic (exact) mass is 378 g/mol. The van der Waals surface area contributed by atoms with E-state index in [0.717, 1.165) is 11.4 Å². The van der Waals surface area contributed by atoms with E-state index in [1.54, 1.807) is 25.3 Å². The Hall–Kier alpha value is -2.15. The number of benzene rings is 1. The third-order valence-electron chi connectivity index (χ3n) is 3.14. The van der Waals surface area contributed by atoms with E-state index < -0.39 is 0 Å². The average Bonchev–Trinajstić information content (AvgIpc) is 2.52. The lowest BCUT2D eigenvalue weighted by Crippen LogP contribution is -2.24. The summed E-state index contributed by atoms with van der Waals surface area (Å²) in [6.07, 6.45) is 0. The first-order valence-corrected chi connectivity index (χ1v) is 7.83. The molecule has 6 nitrogen and oxygen atoms in total. The Kier molecular flexibility index (Phi) is 5.54. The van der Waals surface area contributed by atoms with Crippen LogP contribution in [0.1, 0.15) is 21.7 Å². The summed E-state index contributed by atoms with van der Waals surface area (Å²) in [6, 6.07) is 7.12. The fourth-order valence-corrected chi connectivity index (χ4v) is 2.41. The second kappa shape index (κ2) is 7.41. The average molecular weight is 379 g/mol. The number of hydrogen-bond acceptors (Lipinski definition) is 5. The molecular formula is C16H19BrN4O2. The van der Waals surface area contributed by atoms with E-state index >= 15 is 0 Å². The Morgan fingerprint density at radius 1 is 1.30 bits per heavy atom. The summed E-state index contributed by atoms with van der Waals surface area (Å²) >= 11 is 3.38. The van der Waals surface area contributed by atoms with Crippen LogP contribution >= 0.6 is 15.9 Å². The fraction of sp³-hybridized carbons (Fsp3) is 0.312. The van der Waals surface area contributed by atoms with E-state index in [1.807, 2.05) is 32.0 Å². The highest BCUT2D eigenvalue weighted by atomic mass is 79.9. The Bertz CT molecular complexity index is 719. The maximum absolute atomic E-state index is 12.4. The Morgan fingerprint density at radius 2 is 2.04 bits per heavy atom. The Balaban J connectivity index is 2.13. The molecule has 23 heavy (non-hydrogen) atoms. The molecule has 0 saturated carbocycles. The second-order valence-corrected chi connectivity index (χ2v) is 6.08. The van der Waals surface area contributed by atoms with E-state index in [2.05, 4.69) is 31.2 Å². The summed E-state index contributed by atoms with van der Waals surface area (Å²) in [7, 11) is 5.33. The van der Waals surface area contributed by atoms with Gasteiger partial charge in [-0.2, -0.15) is 0 Å². The van der Waals surface area contributed by atoms with Crippen LogP contribution in [-0.4, -0.2) is 37.1 Å². The third kappa shape index (κ3) is 4.41. The van der Waals surface area contributed by atoms with Crippen LogP contribution in [0.3, 0.4) is 0 Å². The molecule has 7 heteroatoms. The van der Waals surface area contributed by atoms with Crippen molar-refractivity contribution in [3.8, 4) is 5.75 Å². The summed E-state index contributed by atoms with van der Waals surface area (Å²) in [4.78, 5) is 22.9. The number of anilines is 1. The lowest BCUT2D eigenvalue weighted by molar-refractivity contribution is 0.0949. The van der Waals surface area contributed by atoms with Gasteiger partial charge in [-0.15, -0.1) is 0 Å². The highest BCUT2D eigenvalue weighted by Gasteiger charge is 2.12. The molecule has 0 bridgehead atoms. The van der Waals surface area contributed by atoms with Gasteiger partial charge in [0, 0.05) is 24.3 Å². The summed E-state index contributed by atoms with van der Waals surface area (Å²) in [6.45, 7) is 2.23. The van der Waals surface area contributed by atoms with Crippen molar-refractivity contribution < 1.29 is 9.53 Å². The van der Waals surface area contributed by atoms with Gasteiger partial charge >= 0.3 is 0 Å². The zero-order valence-electron chi connectivity index (χ0n) is 13.6. The van der Waals surface area contributed by atoms with Gasteiger partial charge in [-0.05, 0) is 47.1 Å². The van der Waals surface area contributed by atoms with Gasteiger partial charge in [0.15, 0.2) is 0 Å². The minimum atomic E-state index is -0.196. The van der Waals surface area contributed by atoms with Crippen LogP contribution in [0.15, 0.2) is 28.7 Å². The van der Waals surface area contributed by atoms with Crippen LogP contribution in [-0.2, 0) is 6.54 Å². The zero-order valence-corrected chi connectivity index (χ0v) is 15.1. The molecule has 122 valence electrons. The lowest BCUT2D eigenvalue weighted by Gasteiger charge is -2.13. The highest BCUT2D eigenvalue weighted by molar-refractivity contribution is 9.10. The summed E-state index contributed by atoms with van der Waals surface area (Å²) in [5.74, 6) is 1.06. The number of aromatic nitrogens is 2. The summed E-state index contributed by atoms with van der Waals surface area (Å²) < 4.78 is 5.87. The lowest BCUT2D eigenvalue weighted by atomic mass is 10.2. The van der Waals surface area contributed by atoms with Crippen molar-refractivity contribution in [1.82, 2.24) is 15.3 Å². The fourth-order valence-electron chi connectivity index (χ4n) is 1.98. The maximum Gasteiger partial charge on any atom is 0.252 e. The summed E-state index contributed by atoms with van der Waals surface area (Å²) in [5.41, 5.74) is 2.13. The van der Waals surface area contributed by atoms with Crippen LogP contribution in [0.5, 0.6) is 5.75 Å². The molecule has 1 aromatic heterocycles. The number of halogens is 1. The molecule has 0 spiro atoms. The molecule has 0 atom stereocenters. The van der Waals surface area contributed by atoms with Crippen LogP contribution < -0.4 is 15.0 Å². The molecule has 2 rings (SSSR count). The van der Waals surface area contributed by atoms with Gasteiger partial charge in [0.1, 0.15) is 5.75 Å². The van der Waals surface area contributed by atoms with Crippen molar-refractivity contribution in [2.24, 2.45) is 0 Å². The Labute approximate surface area is 144 Å². The molecule has 0 aliphatic heterocycles. The van der Waals surface area contributed by atoms with Crippen molar-refractivity contribution in [3.63, 3.8) is 0 Å². The van der Waals surface area contributed by atoms with Crippen molar-refractivity contribution in [2.75, 3.05) is 26.1 Å². The first-order valence-electron chi connectivity index (χ1n) is 7.04. The molecule has 0 aliphatic carbocycles. The third-order valence-corrected chi connectivity index (χ3v) is 3.84. The van der Waals surface area contributed by atoms with Crippen LogP contribution in [0.2, 0.25) is 0 Å². The number of carbonyl (C=O) groups excluding carboxylic acids is 1. The number of hydrogen-bond donors (Lipinski definition) is 1. The zero-order chi connectivity index (χ0) is 17.0. The van der Waals surface area contributed by atoms with Gasteiger partial charge in [0.2, 0.25) is 5.95 Å². The van der Waals surface area contributed by atoms with E-state index in [4.69, 9.17) is 4.74 Å².